The SMILES string of the molecule is CCCCCCCCCCCCc1c(Oc2ccccc2[O-])cccc1S(=O)(=O)O.[Na+]. The second-order valence-electron chi connectivity index (χ2n) is 7.69. The van der Waals surface area contributed by atoms with Gasteiger partial charge in [0.2, 0.25) is 0 Å². The third kappa shape index (κ3) is 9.96. The molecule has 0 saturated carbocycles. The van der Waals surface area contributed by atoms with Crippen molar-refractivity contribution in [2.75, 3.05) is 0 Å². The quantitative estimate of drug-likeness (QED) is 0.268. The Kier molecular flexibility index (Phi) is 13.5. The Morgan fingerprint density at radius 2 is 1.35 bits per heavy atom. The van der Waals surface area contributed by atoms with Gasteiger partial charge in [-0.05, 0) is 31.0 Å². The first kappa shape index (κ1) is 28.0. The molecular formula is C24H33NaO5S. The van der Waals surface area contributed by atoms with E-state index >= 15 is 0 Å². The minimum atomic E-state index is -4.38. The molecule has 0 unspecified atom stereocenters. The molecule has 166 valence electrons. The van der Waals surface area contributed by atoms with Crippen molar-refractivity contribution in [1.29, 1.82) is 0 Å². The summed E-state index contributed by atoms with van der Waals surface area (Å²) in [5.41, 5.74) is 0.419. The molecule has 0 spiro atoms. The fraction of sp³-hybridized carbons (Fsp3) is 0.500. The third-order valence-electron chi connectivity index (χ3n) is 5.22. The van der Waals surface area contributed by atoms with Gasteiger partial charge < -0.3 is 9.84 Å². The average molecular weight is 457 g/mol. The Bertz CT molecular complexity index is 883. The molecule has 0 heterocycles. The number of rotatable bonds is 14. The third-order valence-corrected chi connectivity index (χ3v) is 6.16. The van der Waals surface area contributed by atoms with Crippen molar-refractivity contribution in [3.8, 4) is 17.2 Å². The van der Waals surface area contributed by atoms with Crippen LogP contribution in [0.3, 0.4) is 0 Å². The molecule has 0 saturated heterocycles. The zero-order chi connectivity index (χ0) is 21.8. The van der Waals surface area contributed by atoms with E-state index in [0.29, 0.717) is 17.7 Å². The first-order chi connectivity index (χ1) is 14.4. The number of unbranched alkanes of at least 4 members (excludes halogenated alkanes) is 9. The molecule has 7 heteroatoms. The number of hydrogen-bond donors (Lipinski definition) is 1. The minimum absolute atomic E-state index is 0. The molecule has 0 atom stereocenters. The van der Waals surface area contributed by atoms with Gasteiger partial charge >= 0.3 is 29.6 Å². The van der Waals surface area contributed by atoms with Crippen LogP contribution in [0.2, 0.25) is 0 Å². The molecule has 2 aromatic carbocycles. The van der Waals surface area contributed by atoms with Gasteiger partial charge in [0.25, 0.3) is 10.1 Å². The van der Waals surface area contributed by atoms with Crippen molar-refractivity contribution in [3.05, 3.63) is 48.0 Å². The molecule has 0 aliphatic heterocycles. The average Bonchev–Trinajstić information content (AvgIpc) is 2.71. The summed E-state index contributed by atoms with van der Waals surface area (Å²) >= 11 is 0. The van der Waals surface area contributed by atoms with Crippen molar-refractivity contribution in [2.24, 2.45) is 0 Å². The zero-order valence-electron chi connectivity index (χ0n) is 18.8. The molecule has 2 aromatic rings. The summed E-state index contributed by atoms with van der Waals surface area (Å²) in [6, 6.07) is 10.8. The van der Waals surface area contributed by atoms with Gasteiger partial charge in [0, 0.05) is 5.56 Å². The molecule has 0 aliphatic carbocycles. The Labute approximate surface area is 209 Å². The van der Waals surface area contributed by atoms with Crippen LogP contribution in [-0.2, 0) is 16.5 Å². The summed E-state index contributed by atoms with van der Waals surface area (Å²) < 4.78 is 39.1. The molecule has 0 aliphatic rings. The number of benzene rings is 2. The molecular weight excluding hydrogens is 423 g/mol. The van der Waals surface area contributed by atoms with E-state index < -0.39 is 10.1 Å². The second kappa shape index (κ2) is 14.9. The van der Waals surface area contributed by atoms with Gasteiger partial charge in [-0.3, -0.25) is 4.55 Å². The van der Waals surface area contributed by atoms with Gasteiger partial charge in [0.15, 0.2) is 0 Å². The zero-order valence-corrected chi connectivity index (χ0v) is 21.6. The molecule has 0 radical (unpaired) electrons. The van der Waals surface area contributed by atoms with Crippen molar-refractivity contribution in [1.82, 2.24) is 0 Å². The Morgan fingerprint density at radius 3 is 1.94 bits per heavy atom. The van der Waals surface area contributed by atoms with Gasteiger partial charge in [-0.15, -0.1) is 0 Å². The molecule has 1 N–H and O–H groups in total. The van der Waals surface area contributed by atoms with E-state index in [9.17, 15) is 18.1 Å². The van der Waals surface area contributed by atoms with E-state index in [1.165, 1.54) is 63.1 Å². The van der Waals surface area contributed by atoms with E-state index in [1.54, 1.807) is 24.3 Å². The summed E-state index contributed by atoms with van der Waals surface area (Å²) in [7, 11) is -4.38. The summed E-state index contributed by atoms with van der Waals surface area (Å²) in [5.74, 6) is 0.151. The summed E-state index contributed by atoms with van der Waals surface area (Å²) in [6.07, 6.45) is 12.2. The maximum absolute atomic E-state index is 12.0. The molecule has 5 nitrogen and oxygen atoms in total. The normalized spacial score (nSPS) is 11.2. The van der Waals surface area contributed by atoms with E-state index in [0.717, 1.165) is 19.3 Å². The predicted molar refractivity (Wildman–Crippen MR) is 118 cm³/mol. The maximum Gasteiger partial charge on any atom is 1.00 e. The van der Waals surface area contributed by atoms with Crippen molar-refractivity contribution >= 4 is 10.1 Å². The van der Waals surface area contributed by atoms with Crippen LogP contribution >= 0.6 is 0 Å². The van der Waals surface area contributed by atoms with Crippen LogP contribution < -0.4 is 39.4 Å². The van der Waals surface area contributed by atoms with Gasteiger partial charge in [0.05, 0.1) is 0 Å². The van der Waals surface area contributed by atoms with Gasteiger partial charge in [-0.1, -0.05) is 94.7 Å². The van der Waals surface area contributed by atoms with E-state index in [2.05, 4.69) is 6.92 Å². The van der Waals surface area contributed by atoms with Crippen LogP contribution in [0.4, 0.5) is 0 Å². The fourth-order valence-corrected chi connectivity index (χ4v) is 4.34. The largest absolute Gasteiger partial charge is 1.00 e. The monoisotopic (exact) mass is 456 g/mol. The number of ether oxygens (including phenoxy) is 1. The Hall–Kier alpha value is -1.05. The molecule has 0 fully saturated rings. The minimum Gasteiger partial charge on any atom is -0.870 e. The van der Waals surface area contributed by atoms with E-state index in [-0.39, 0.29) is 46.0 Å². The Balaban J connectivity index is 0.00000480. The summed E-state index contributed by atoms with van der Waals surface area (Å²) in [5, 5.41) is 12.0. The summed E-state index contributed by atoms with van der Waals surface area (Å²) in [6.45, 7) is 2.22. The molecule has 0 amide bonds. The van der Waals surface area contributed by atoms with Crippen LogP contribution in [-0.4, -0.2) is 13.0 Å². The van der Waals surface area contributed by atoms with Crippen LogP contribution in [0.25, 0.3) is 0 Å². The first-order valence-electron chi connectivity index (χ1n) is 11.0. The van der Waals surface area contributed by atoms with E-state index in [1.807, 2.05) is 0 Å². The predicted octanol–water partition coefficient (Wildman–Crippen LogP) is 3.27. The van der Waals surface area contributed by atoms with Crippen molar-refractivity contribution in [3.63, 3.8) is 0 Å². The maximum atomic E-state index is 12.0. The standard InChI is InChI=1S/C24H34O5S.Na/c1-2-3-4-5-6-7-8-9-10-11-15-20-22(18-14-19-24(20)30(26,27)28)29-23-17-13-12-16-21(23)25;/h12-14,16-19,25H,2-11,15H2,1H3,(H,26,27,28);/q;+1/p-1. The van der Waals surface area contributed by atoms with Crippen LogP contribution in [0.15, 0.2) is 47.4 Å². The smallest absolute Gasteiger partial charge is 0.870 e. The topological polar surface area (TPSA) is 86.7 Å². The van der Waals surface area contributed by atoms with Gasteiger partial charge in [-0.25, -0.2) is 0 Å². The first-order valence-corrected chi connectivity index (χ1v) is 12.4. The van der Waals surface area contributed by atoms with Crippen LogP contribution in [0.5, 0.6) is 17.2 Å². The van der Waals surface area contributed by atoms with E-state index in [4.69, 9.17) is 4.74 Å². The molecule has 0 aromatic heterocycles. The Morgan fingerprint density at radius 1 is 0.806 bits per heavy atom. The number of para-hydroxylation sites is 2. The van der Waals surface area contributed by atoms with Gasteiger partial charge in [0.1, 0.15) is 16.4 Å². The molecule has 31 heavy (non-hydrogen) atoms. The van der Waals surface area contributed by atoms with Gasteiger partial charge in [-0.2, -0.15) is 8.42 Å². The fourth-order valence-electron chi connectivity index (χ4n) is 3.57. The van der Waals surface area contributed by atoms with Crippen molar-refractivity contribution in [2.45, 2.75) is 82.4 Å². The van der Waals surface area contributed by atoms with Crippen molar-refractivity contribution < 1.29 is 52.4 Å². The van der Waals surface area contributed by atoms with Crippen LogP contribution in [0.1, 0.15) is 76.7 Å². The summed E-state index contributed by atoms with van der Waals surface area (Å²) in [4.78, 5) is -0.153. The van der Waals surface area contributed by atoms with Crippen LogP contribution in [0, 0.1) is 0 Å². The number of hydrogen-bond acceptors (Lipinski definition) is 4. The molecule has 0 bridgehead atoms. The second-order valence-corrected chi connectivity index (χ2v) is 9.08. The molecule has 2 rings (SSSR count).